The largest absolute Gasteiger partial charge is 0.364 e. The number of carbonyl (C=O) groups is 1. The van der Waals surface area contributed by atoms with E-state index in [0.29, 0.717) is 12.2 Å². The molecule has 0 saturated carbocycles. The van der Waals surface area contributed by atoms with Crippen molar-refractivity contribution in [3.05, 3.63) is 53.6 Å². The van der Waals surface area contributed by atoms with Crippen LogP contribution >= 0.6 is 0 Å². The molecule has 1 amide bonds. The molecular weight excluding hydrogens is 202 g/mol. The van der Waals surface area contributed by atoms with Crippen molar-refractivity contribution in [1.82, 2.24) is 9.55 Å². The Morgan fingerprint density at radius 1 is 1.44 bits per heavy atom. The molecule has 2 rings (SSSR count). The lowest BCUT2D eigenvalue weighted by Gasteiger charge is -2.05. The van der Waals surface area contributed by atoms with Gasteiger partial charge in [-0.05, 0) is 18.1 Å². The first-order chi connectivity index (χ1) is 7.66. The number of benzene rings is 1. The van der Waals surface area contributed by atoms with Gasteiger partial charge in [0, 0.05) is 12.7 Å². The van der Waals surface area contributed by atoms with E-state index in [0.717, 1.165) is 0 Å². The van der Waals surface area contributed by atoms with Gasteiger partial charge in [0.25, 0.3) is 5.91 Å². The first-order valence-corrected chi connectivity index (χ1v) is 5.03. The van der Waals surface area contributed by atoms with E-state index in [1.54, 1.807) is 12.5 Å². The van der Waals surface area contributed by atoms with Gasteiger partial charge in [-0.15, -0.1) is 0 Å². The maximum Gasteiger partial charge on any atom is 0.268 e. The molecule has 0 bridgehead atoms. The molecule has 1 aromatic carbocycles. The van der Waals surface area contributed by atoms with Crippen LogP contribution in [0.5, 0.6) is 0 Å². The standard InChI is InChI=1S/C12H13N3O/c1-9-4-2-3-5-10(9)6-15-7-11(12(13)16)14-8-15/h2-5,7-8H,6H2,1H3,(H2,13,16). The number of hydrogen-bond acceptors (Lipinski definition) is 2. The van der Waals surface area contributed by atoms with Crippen LogP contribution in [0.3, 0.4) is 0 Å². The van der Waals surface area contributed by atoms with Crippen molar-refractivity contribution in [2.45, 2.75) is 13.5 Å². The average molecular weight is 215 g/mol. The van der Waals surface area contributed by atoms with E-state index < -0.39 is 5.91 Å². The van der Waals surface area contributed by atoms with E-state index in [4.69, 9.17) is 5.73 Å². The summed E-state index contributed by atoms with van der Waals surface area (Å²) in [4.78, 5) is 14.8. The van der Waals surface area contributed by atoms with Crippen LogP contribution in [-0.4, -0.2) is 15.5 Å². The zero-order valence-corrected chi connectivity index (χ0v) is 9.05. The number of carbonyl (C=O) groups excluding carboxylic acids is 1. The van der Waals surface area contributed by atoms with Crippen LogP contribution in [0.15, 0.2) is 36.8 Å². The monoisotopic (exact) mass is 215 g/mol. The number of primary amides is 1. The smallest absolute Gasteiger partial charge is 0.268 e. The van der Waals surface area contributed by atoms with Gasteiger partial charge in [0.05, 0.1) is 6.33 Å². The number of nitrogens with zero attached hydrogens (tertiary/aromatic N) is 2. The summed E-state index contributed by atoms with van der Waals surface area (Å²) in [6.45, 7) is 2.76. The second-order valence-corrected chi connectivity index (χ2v) is 3.72. The molecule has 0 spiro atoms. The third-order valence-electron chi connectivity index (χ3n) is 2.50. The summed E-state index contributed by atoms with van der Waals surface area (Å²) in [5.74, 6) is -0.497. The molecule has 0 aliphatic carbocycles. The van der Waals surface area contributed by atoms with E-state index >= 15 is 0 Å². The Balaban J connectivity index is 2.21. The fourth-order valence-electron chi connectivity index (χ4n) is 1.56. The van der Waals surface area contributed by atoms with E-state index in [1.165, 1.54) is 11.1 Å². The highest BCUT2D eigenvalue weighted by atomic mass is 16.1. The van der Waals surface area contributed by atoms with Crippen molar-refractivity contribution in [2.24, 2.45) is 5.73 Å². The number of imidazole rings is 1. The third-order valence-corrected chi connectivity index (χ3v) is 2.50. The van der Waals surface area contributed by atoms with Gasteiger partial charge < -0.3 is 10.3 Å². The van der Waals surface area contributed by atoms with Gasteiger partial charge in [-0.2, -0.15) is 0 Å². The predicted octanol–water partition coefficient (Wildman–Crippen LogP) is 1.34. The molecule has 16 heavy (non-hydrogen) atoms. The Bertz CT molecular complexity index is 516. The van der Waals surface area contributed by atoms with Crippen LogP contribution in [0.4, 0.5) is 0 Å². The molecule has 0 atom stereocenters. The van der Waals surface area contributed by atoms with E-state index in [1.807, 2.05) is 16.7 Å². The molecule has 2 aromatic rings. The molecule has 4 heteroatoms. The minimum absolute atomic E-state index is 0.300. The normalized spacial score (nSPS) is 10.3. The second-order valence-electron chi connectivity index (χ2n) is 3.72. The van der Waals surface area contributed by atoms with Crippen LogP contribution in [0.2, 0.25) is 0 Å². The minimum atomic E-state index is -0.497. The summed E-state index contributed by atoms with van der Waals surface area (Å²) in [6, 6.07) is 8.11. The number of amides is 1. The first-order valence-electron chi connectivity index (χ1n) is 5.03. The maximum atomic E-state index is 10.9. The third kappa shape index (κ3) is 2.11. The first kappa shape index (κ1) is 10.4. The lowest BCUT2D eigenvalue weighted by atomic mass is 10.1. The lowest BCUT2D eigenvalue weighted by molar-refractivity contribution is 0.0996. The van der Waals surface area contributed by atoms with Crippen LogP contribution in [0.1, 0.15) is 21.6 Å². The molecule has 0 radical (unpaired) electrons. The van der Waals surface area contributed by atoms with Crippen molar-refractivity contribution < 1.29 is 4.79 Å². The van der Waals surface area contributed by atoms with E-state index in [-0.39, 0.29) is 0 Å². The Hall–Kier alpha value is -2.10. The molecule has 1 aromatic heterocycles. The molecule has 1 heterocycles. The summed E-state index contributed by atoms with van der Waals surface area (Å²) >= 11 is 0. The summed E-state index contributed by atoms with van der Waals surface area (Å²) in [7, 11) is 0. The predicted molar refractivity (Wildman–Crippen MR) is 61.0 cm³/mol. The minimum Gasteiger partial charge on any atom is -0.364 e. The van der Waals surface area contributed by atoms with Gasteiger partial charge in [0.1, 0.15) is 5.69 Å². The highest BCUT2D eigenvalue weighted by Crippen LogP contribution is 2.09. The quantitative estimate of drug-likeness (QED) is 0.839. The van der Waals surface area contributed by atoms with Crippen molar-refractivity contribution in [3.8, 4) is 0 Å². The SMILES string of the molecule is Cc1ccccc1Cn1cnc(C(N)=O)c1. The Labute approximate surface area is 93.7 Å². The molecule has 0 aliphatic rings. The van der Waals surface area contributed by atoms with Crippen LogP contribution in [0, 0.1) is 6.92 Å². The highest BCUT2D eigenvalue weighted by molar-refractivity contribution is 5.90. The van der Waals surface area contributed by atoms with Gasteiger partial charge in [-0.1, -0.05) is 24.3 Å². The van der Waals surface area contributed by atoms with Crippen molar-refractivity contribution in [2.75, 3.05) is 0 Å². The van der Waals surface area contributed by atoms with Crippen LogP contribution in [0.25, 0.3) is 0 Å². The average Bonchev–Trinajstić information content (AvgIpc) is 2.70. The number of rotatable bonds is 3. The van der Waals surface area contributed by atoms with Gasteiger partial charge in [-0.3, -0.25) is 4.79 Å². The molecular formula is C12H13N3O. The molecule has 2 N–H and O–H groups in total. The maximum absolute atomic E-state index is 10.9. The summed E-state index contributed by atoms with van der Waals surface area (Å²) in [5, 5.41) is 0. The molecule has 0 fully saturated rings. The fourth-order valence-corrected chi connectivity index (χ4v) is 1.56. The molecule has 82 valence electrons. The van der Waals surface area contributed by atoms with Crippen molar-refractivity contribution in [3.63, 3.8) is 0 Å². The van der Waals surface area contributed by atoms with E-state index in [9.17, 15) is 4.79 Å². The van der Waals surface area contributed by atoms with Gasteiger partial charge in [0.15, 0.2) is 0 Å². The number of nitrogens with two attached hydrogens (primary N) is 1. The van der Waals surface area contributed by atoms with Gasteiger partial charge in [-0.25, -0.2) is 4.98 Å². The topological polar surface area (TPSA) is 60.9 Å². The number of aromatic nitrogens is 2. The zero-order valence-electron chi connectivity index (χ0n) is 9.05. The highest BCUT2D eigenvalue weighted by Gasteiger charge is 2.05. The fraction of sp³-hybridized carbons (Fsp3) is 0.167. The Morgan fingerprint density at radius 3 is 2.81 bits per heavy atom. The van der Waals surface area contributed by atoms with Gasteiger partial charge in [0.2, 0.25) is 0 Å². The molecule has 0 unspecified atom stereocenters. The van der Waals surface area contributed by atoms with Crippen molar-refractivity contribution in [1.29, 1.82) is 0 Å². The summed E-state index contributed by atoms with van der Waals surface area (Å²) in [6.07, 6.45) is 3.28. The van der Waals surface area contributed by atoms with Crippen LogP contribution < -0.4 is 5.73 Å². The van der Waals surface area contributed by atoms with E-state index in [2.05, 4.69) is 24.0 Å². The summed E-state index contributed by atoms with van der Waals surface area (Å²) < 4.78 is 1.85. The van der Waals surface area contributed by atoms with Crippen LogP contribution in [-0.2, 0) is 6.54 Å². The molecule has 0 saturated heterocycles. The molecule has 0 aliphatic heterocycles. The number of aryl methyl sites for hydroxylation is 1. The number of hydrogen-bond donors (Lipinski definition) is 1. The lowest BCUT2D eigenvalue weighted by Crippen LogP contribution is -2.11. The summed E-state index contributed by atoms with van der Waals surface area (Å²) in [5.41, 5.74) is 7.86. The van der Waals surface area contributed by atoms with Gasteiger partial charge >= 0.3 is 0 Å². The Kier molecular flexibility index (Phi) is 2.72. The second kappa shape index (κ2) is 4.18. The van der Waals surface area contributed by atoms with Crippen molar-refractivity contribution >= 4 is 5.91 Å². The zero-order chi connectivity index (χ0) is 11.5. The molecule has 4 nitrogen and oxygen atoms in total. The Morgan fingerprint density at radius 2 is 2.19 bits per heavy atom.